The summed E-state index contributed by atoms with van der Waals surface area (Å²) in [6, 6.07) is 8.25. The van der Waals surface area contributed by atoms with Gasteiger partial charge < -0.3 is 24.8 Å². The summed E-state index contributed by atoms with van der Waals surface area (Å²) in [7, 11) is 1.76. The Morgan fingerprint density at radius 3 is 2.53 bits per heavy atom. The molecule has 7 nitrogen and oxygen atoms in total. The van der Waals surface area contributed by atoms with Crippen molar-refractivity contribution in [2.75, 3.05) is 7.05 Å². The van der Waals surface area contributed by atoms with E-state index in [-0.39, 0.29) is 29.0 Å². The zero-order chi connectivity index (χ0) is 21.6. The maximum atomic E-state index is 12.8. The highest BCUT2D eigenvalue weighted by Crippen LogP contribution is 2.36. The van der Waals surface area contributed by atoms with E-state index in [9.17, 15) is 19.8 Å². The molecule has 1 heterocycles. The molecule has 1 fully saturated rings. The molecule has 0 atom stereocenters. The third-order valence-electron chi connectivity index (χ3n) is 5.90. The van der Waals surface area contributed by atoms with Crippen molar-refractivity contribution in [3.8, 4) is 17.2 Å². The molecule has 1 amide bonds. The number of nitrogens with one attached hydrogen (secondary N) is 1. The quantitative estimate of drug-likeness (QED) is 0.572. The predicted molar refractivity (Wildman–Crippen MR) is 113 cm³/mol. The predicted octanol–water partition coefficient (Wildman–Crippen LogP) is 4.61. The van der Waals surface area contributed by atoms with Gasteiger partial charge in [0, 0.05) is 29.6 Å². The van der Waals surface area contributed by atoms with Crippen molar-refractivity contribution in [1.82, 2.24) is 9.88 Å². The second-order valence-corrected chi connectivity index (χ2v) is 7.88. The summed E-state index contributed by atoms with van der Waals surface area (Å²) in [5.41, 5.74) is 2.65. The number of phenols is 1. The number of aromatic hydroxyl groups is 1. The van der Waals surface area contributed by atoms with Gasteiger partial charge in [0.15, 0.2) is 0 Å². The number of ether oxygens (including phenoxy) is 1. The van der Waals surface area contributed by atoms with Crippen molar-refractivity contribution in [2.45, 2.75) is 39.2 Å². The Labute approximate surface area is 173 Å². The van der Waals surface area contributed by atoms with Crippen LogP contribution in [0.3, 0.4) is 0 Å². The third kappa shape index (κ3) is 3.36. The number of amides is 1. The fraction of sp³-hybridized carbons (Fsp3) is 0.304. The van der Waals surface area contributed by atoms with Crippen molar-refractivity contribution >= 4 is 22.8 Å². The van der Waals surface area contributed by atoms with E-state index in [1.807, 2.05) is 19.9 Å². The zero-order valence-corrected chi connectivity index (χ0v) is 17.2. The number of phenolic OH excluding ortho intramolecular Hbond substituents is 1. The zero-order valence-electron chi connectivity index (χ0n) is 17.2. The molecule has 1 saturated carbocycles. The molecule has 3 N–H and O–H groups in total. The first kappa shape index (κ1) is 19.8. The summed E-state index contributed by atoms with van der Waals surface area (Å²) >= 11 is 0. The van der Waals surface area contributed by atoms with Crippen LogP contribution in [0.1, 0.15) is 51.2 Å². The smallest absolute Gasteiger partial charge is 0.352 e. The van der Waals surface area contributed by atoms with Crippen molar-refractivity contribution in [1.29, 1.82) is 0 Å². The summed E-state index contributed by atoms with van der Waals surface area (Å²) in [5, 5.41) is 20.2. The van der Waals surface area contributed by atoms with Gasteiger partial charge >= 0.3 is 5.97 Å². The molecule has 0 saturated heterocycles. The van der Waals surface area contributed by atoms with Gasteiger partial charge in [0.25, 0.3) is 5.91 Å². The van der Waals surface area contributed by atoms with E-state index >= 15 is 0 Å². The minimum atomic E-state index is -1.03. The van der Waals surface area contributed by atoms with Gasteiger partial charge in [0.1, 0.15) is 22.9 Å². The van der Waals surface area contributed by atoms with E-state index in [4.69, 9.17) is 4.74 Å². The maximum absolute atomic E-state index is 12.8. The van der Waals surface area contributed by atoms with Crippen LogP contribution in [-0.2, 0) is 0 Å². The van der Waals surface area contributed by atoms with Gasteiger partial charge in [-0.2, -0.15) is 0 Å². The average Bonchev–Trinajstić information content (AvgIpc) is 3.09. The second-order valence-electron chi connectivity index (χ2n) is 7.88. The molecule has 156 valence electrons. The lowest BCUT2D eigenvalue weighted by atomic mass is 9.91. The lowest BCUT2D eigenvalue weighted by molar-refractivity contribution is 0.0647. The van der Waals surface area contributed by atoms with Crippen LogP contribution < -0.4 is 4.74 Å². The largest absolute Gasteiger partial charge is 0.507 e. The highest BCUT2D eigenvalue weighted by atomic mass is 16.5. The molecule has 1 aliphatic carbocycles. The number of hydrogen-bond donors (Lipinski definition) is 3. The molecular formula is C23H24N2O5. The lowest BCUT2D eigenvalue weighted by Crippen LogP contribution is -2.41. The number of rotatable bonds is 5. The molecule has 0 spiro atoms. The molecule has 1 aromatic heterocycles. The number of carboxylic acid groups (broad SMARTS) is 1. The van der Waals surface area contributed by atoms with Crippen molar-refractivity contribution in [3.63, 3.8) is 0 Å². The van der Waals surface area contributed by atoms with E-state index < -0.39 is 5.97 Å². The van der Waals surface area contributed by atoms with Crippen molar-refractivity contribution in [2.24, 2.45) is 0 Å². The molecule has 1 aliphatic rings. The Hall–Kier alpha value is -3.48. The highest BCUT2D eigenvalue weighted by Gasteiger charge is 2.28. The SMILES string of the molecule is Cc1cc2[nH]c(C(=O)O)cc2c(C)c1Oc1ccc(O)c(C(=O)N(C)C2CCC2)c1. The van der Waals surface area contributed by atoms with Crippen LogP contribution in [0.15, 0.2) is 30.3 Å². The summed E-state index contributed by atoms with van der Waals surface area (Å²) in [6.07, 6.45) is 3.07. The Morgan fingerprint density at radius 2 is 1.90 bits per heavy atom. The van der Waals surface area contributed by atoms with Crippen LogP contribution in [0.5, 0.6) is 17.2 Å². The van der Waals surface area contributed by atoms with Gasteiger partial charge in [-0.15, -0.1) is 0 Å². The van der Waals surface area contributed by atoms with E-state index in [0.717, 1.165) is 41.3 Å². The number of carbonyl (C=O) groups is 2. The number of carbonyl (C=O) groups excluding carboxylic acids is 1. The van der Waals surface area contributed by atoms with Crippen molar-refractivity contribution < 1.29 is 24.5 Å². The van der Waals surface area contributed by atoms with Crippen LogP contribution in [0, 0.1) is 13.8 Å². The number of aromatic carboxylic acids is 1. The Bertz CT molecular complexity index is 1160. The first-order valence-electron chi connectivity index (χ1n) is 9.90. The van der Waals surface area contributed by atoms with Gasteiger partial charge in [0.05, 0.1) is 5.56 Å². The highest BCUT2D eigenvalue weighted by molar-refractivity contribution is 5.98. The van der Waals surface area contributed by atoms with Crippen LogP contribution in [-0.4, -0.2) is 45.1 Å². The molecule has 4 rings (SSSR count). The van der Waals surface area contributed by atoms with E-state index in [2.05, 4.69) is 4.98 Å². The number of aromatic amines is 1. The number of benzene rings is 2. The molecule has 0 bridgehead atoms. The number of fused-ring (bicyclic) bond motifs is 1. The molecule has 0 radical (unpaired) electrons. The molecular weight excluding hydrogens is 384 g/mol. The van der Waals surface area contributed by atoms with Gasteiger partial charge in [0.2, 0.25) is 0 Å². The number of nitrogens with zero attached hydrogens (tertiary/aromatic N) is 1. The number of aromatic nitrogens is 1. The first-order chi connectivity index (χ1) is 14.3. The van der Waals surface area contributed by atoms with Gasteiger partial charge in [-0.1, -0.05) is 0 Å². The number of H-pyrrole nitrogens is 1. The Morgan fingerprint density at radius 1 is 1.17 bits per heavy atom. The van der Waals surface area contributed by atoms with Gasteiger partial charge in [-0.25, -0.2) is 4.79 Å². The van der Waals surface area contributed by atoms with E-state index in [1.54, 1.807) is 30.1 Å². The van der Waals surface area contributed by atoms with Crippen molar-refractivity contribution in [3.05, 3.63) is 52.7 Å². The lowest BCUT2D eigenvalue weighted by Gasteiger charge is -2.34. The molecule has 2 aromatic carbocycles. The average molecular weight is 408 g/mol. The van der Waals surface area contributed by atoms with E-state index in [0.29, 0.717) is 11.5 Å². The normalized spacial score (nSPS) is 13.8. The summed E-state index contributed by atoms with van der Waals surface area (Å²) < 4.78 is 6.10. The number of aryl methyl sites for hydroxylation is 2. The molecule has 3 aromatic rings. The van der Waals surface area contributed by atoms with Crippen LogP contribution in [0.4, 0.5) is 0 Å². The summed E-state index contributed by atoms with van der Waals surface area (Å²) in [4.78, 5) is 28.7. The topological polar surface area (TPSA) is 103 Å². The Balaban J connectivity index is 1.68. The fourth-order valence-corrected chi connectivity index (χ4v) is 3.86. The number of hydrogen-bond acceptors (Lipinski definition) is 4. The maximum Gasteiger partial charge on any atom is 0.352 e. The monoisotopic (exact) mass is 408 g/mol. The first-order valence-corrected chi connectivity index (χ1v) is 9.90. The van der Waals surface area contributed by atoms with Gasteiger partial charge in [-0.05, 0) is 69.0 Å². The number of carboxylic acids is 1. The minimum absolute atomic E-state index is 0.0841. The molecule has 0 aliphatic heterocycles. The summed E-state index contributed by atoms with van der Waals surface area (Å²) in [5.74, 6) is -0.321. The molecule has 30 heavy (non-hydrogen) atoms. The Kier molecular flexibility index (Phi) is 4.89. The minimum Gasteiger partial charge on any atom is -0.507 e. The molecule has 7 heteroatoms. The van der Waals surface area contributed by atoms with E-state index in [1.165, 1.54) is 6.07 Å². The van der Waals surface area contributed by atoms with Gasteiger partial charge in [-0.3, -0.25) is 4.79 Å². The summed E-state index contributed by atoms with van der Waals surface area (Å²) in [6.45, 7) is 3.74. The van der Waals surface area contributed by atoms with Crippen LogP contribution in [0.2, 0.25) is 0 Å². The van der Waals surface area contributed by atoms with Crippen LogP contribution in [0.25, 0.3) is 10.9 Å². The second kappa shape index (κ2) is 7.40. The van der Waals surface area contributed by atoms with Crippen LogP contribution >= 0.6 is 0 Å². The fourth-order valence-electron chi connectivity index (χ4n) is 3.86. The third-order valence-corrected chi connectivity index (χ3v) is 5.90. The standard InChI is InChI=1S/C23H24N2O5/c1-12-9-18-16(11-19(24-18)23(28)29)13(2)21(12)30-15-7-8-20(26)17(10-15)22(27)25(3)14-5-4-6-14/h7-11,14,24,26H,4-6H2,1-3H3,(H,28,29). The molecule has 0 unspecified atom stereocenters.